The third-order valence-corrected chi connectivity index (χ3v) is 6.56. The van der Waals surface area contributed by atoms with Crippen LogP contribution in [0.3, 0.4) is 0 Å². The molecular weight excluding hydrogens is 264 g/mol. The lowest BCUT2D eigenvalue weighted by molar-refractivity contribution is -0.137. The molecule has 0 amide bonds. The molecule has 0 radical (unpaired) electrons. The van der Waals surface area contributed by atoms with E-state index in [1.807, 2.05) is 0 Å². The predicted octanol–water partition coefficient (Wildman–Crippen LogP) is 1.91. The van der Waals surface area contributed by atoms with E-state index in [2.05, 4.69) is 6.92 Å². The van der Waals surface area contributed by atoms with Gasteiger partial charge in [-0.1, -0.05) is 13.3 Å². The Labute approximate surface area is 116 Å². The van der Waals surface area contributed by atoms with E-state index in [-0.39, 0.29) is 17.3 Å². The van der Waals surface area contributed by atoms with E-state index in [1.54, 1.807) is 0 Å². The Balaban J connectivity index is 2.07. The molecular formula is C14H26O4S. The van der Waals surface area contributed by atoms with Gasteiger partial charge < -0.3 is 9.84 Å². The highest BCUT2D eigenvalue weighted by molar-refractivity contribution is 7.91. The molecule has 1 heterocycles. The molecule has 0 bridgehead atoms. The van der Waals surface area contributed by atoms with Gasteiger partial charge in [-0.3, -0.25) is 0 Å². The molecule has 1 aliphatic carbocycles. The summed E-state index contributed by atoms with van der Waals surface area (Å²) >= 11 is 0. The van der Waals surface area contributed by atoms with Crippen molar-refractivity contribution in [1.29, 1.82) is 0 Å². The molecule has 1 saturated heterocycles. The molecule has 0 aromatic rings. The van der Waals surface area contributed by atoms with Crippen LogP contribution in [0.4, 0.5) is 0 Å². The van der Waals surface area contributed by atoms with Crippen molar-refractivity contribution in [1.82, 2.24) is 0 Å². The van der Waals surface area contributed by atoms with Crippen LogP contribution in [0.15, 0.2) is 0 Å². The zero-order chi connectivity index (χ0) is 14.1. The first-order valence-electron chi connectivity index (χ1n) is 7.38. The fraction of sp³-hybridized carbons (Fsp3) is 1.00. The maximum absolute atomic E-state index is 11.7. The fourth-order valence-electron chi connectivity index (χ4n) is 3.61. The first kappa shape index (κ1) is 15.3. The molecule has 5 heteroatoms. The van der Waals surface area contributed by atoms with E-state index < -0.39 is 15.4 Å². The monoisotopic (exact) mass is 290 g/mol. The van der Waals surface area contributed by atoms with Gasteiger partial charge in [0.1, 0.15) is 9.84 Å². The minimum Gasteiger partial charge on any atom is -0.389 e. The maximum Gasteiger partial charge on any atom is 0.150 e. The molecule has 19 heavy (non-hydrogen) atoms. The second-order valence-electron chi connectivity index (χ2n) is 6.27. The molecule has 2 fully saturated rings. The van der Waals surface area contributed by atoms with Crippen molar-refractivity contribution in [2.75, 3.05) is 12.9 Å². The van der Waals surface area contributed by atoms with E-state index in [0.29, 0.717) is 25.9 Å². The summed E-state index contributed by atoms with van der Waals surface area (Å²) in [7, 11) is -2.99. The van der Waals surface area contributed by atoms with Crippen molar-refractivity contribution in [3.63, 3.8) is 0 Å². The molecule has 2 aliphatic rings. The molecule has 2 rings (SSSR count). The minimum absolute atomic E-state index is 0.110. The van der Waals surface area contributed by atoms with Crippen LogP contribution < -0.4 is 0 Å². The second kappa shape index (κ2) is 5.70. The Hall–Kier alpha value is -0.130. The molecule has 1 N–H and O–H groups in total. The van der Waals surface area contributed by atoms with Crippen LogP contribution >= 0.6 is 0 Å². The van der Waals surface area contributed by atoms with Gasteiger partial charge in [0.25, 0.3) is 0 Å². The number of rotatable bonds is 3. The summed E-state index contributed by atoms with van der Waals surface area (Å²) < 4.78 is 29.1. The Morgan fingerprint density at radius 1 is 1.37 bits per heavy atom. The first-order valence-corrected chi connectivity index (χ1v) is 9.33. The lowest BCUT2D eigenvalue weighted by atomic mass is 9.71. The van der Waals surface area contributed by atoms with E-state index in [1.165, 1.54) is 6.26 Å². The zero-order valence-electron chi connectivity index (χ0n) is 12.0. The van der Waals surface area contributed by atoms with Crippen LogP contribution in [-0.2, 0) is 14.6 Å². The van der Waals surface area contributed by atoms with Crippen LogP contribution in [0.5, 0.6) is 0 Å². The quantitative estimate of drug-likeness (QED) is 0.862. The van der Waals surface area contributed by atoms with E-state index >= 15 is 0 Å². The molecule has 0 spiro atoms. The molecule has 1 aliphatic heterocycles. The number of hydrogen-bond donors (Lipinski definition) is 1. The molecule has 112 valence electrons. The molecule has 4 atom stereocenters. The van der Waals surface area contributed by atoms with Crippen molar-refractivity contribution in [2.45, 2.75) is 68.8 Å². The smallest absolute Gasteiger partial charge is 0.150 e. The number of hydrogen-bond acceptors (Lipinski definition) is 4. The Kier molecular flexibility index (Phi) is 4.58. The highest BCUT2D eigenvalue weighted by atomic mass is 32.2. The average molecular weight is 290 g/mol. The minimum atomic E-state index is -2.99. The highest BCUT2D eigenvalue weighted by Gasteiger charge is 2.44. The topological polar surface area (TPSA) is 63.6 Å². The summed E-state index contributed by atoms with van der Waals surface area (Å²) in [4.78, 5) is 0. The van der Waals surface area contributed by atoms with Crippen molar-refractivity contribution in [3.05, 3.63) is 0 Å². The fourth-order valence-corrected chi connectivity index (χ4v) is 4.79. The van der Waals surface area contributed by atoms with Crippen LogP contribution in [0.1, 0.15) is 51.9 Å². The summed E-state index contributed by atoms with van der Waals surface area (Å²) in [5.74, 6) is 0.110. The summed E-state index contributed by atoms with van der Waals surface area (Å²) in [5, 5.41) is 10.6. The van der Waals surface area contributed by atoms with Gasteiger partial charge in [0.05, 0.1) is 17.0 Å². The highest BCUT2D eigenvalue weighted by Crippen LogP contribution is 2.41. The Morgan fingerprint density at radius 3 is 2.74 bits per heavy atom. The third kappa shape index (κ3) is 3.50. The molecule has 4 nitrogen and oxygen atoms in total. The van der Waals surface area contributed by atoms with Crippen molar-refractivity contribution in [3.8, 4) is 0 Å². The SMILES string of the molecule is CCC1CC(O)(C2CCCC(S(C)(=O)=O)C2)CCO1. The van der Waals surface area contributed by atoms with Gasteiger partial charge in [0.2, 0.25) is 0 Å². The number of ether oxygens (including phenoxy) is 1. The lowest BCUT2D eigenvalue weighted by Gasteiger charge is -2.45. The largest absolute Gasteiger partial charge is 0.389 e. The predicted molar refractivity (Wildman–Crippen MR) is 74.8 cm³/mol. The van der Waals surface area contributed by atoms with Crippen LogP contribution in [-0.4, -0.2) is 43.3 Å². The van der Waals surface area contributed by atoms with Gasteiger partial charge >= 0.3 is 0 Å². The van der Waals surface area contributed by atoms with Gasteiger partial charge in [-0.25, -0.2) is 8.42 Å². The third-order valence-electron chi connectivity index (χ3n) is 4.92. The van der Waals surface area contributed by atoms with Gasteiger partial charge in [-0.15, -0.1) is 0 Å². The van der Waals surface area contributed by atoms with Gasteiger partial charge in [-0.05, 0) is 38.0 Å². The van der Waals surface area contributed by atoms with Crippen LogP contribution in [0.2, 0.25) is 0 Å². The molecule has 1 saturated carbocycles. The van der Waals surface area contributed by atoms with E-state index in [4.69, 9.17) is 4.74 Å². The summed E-state index contributed by atoms with van der Waals surface area (Å²) in [6.07, 6.45) is 6.87. The van der Waals surface area contributed by atoms with Crippen molar-refractivity contribution in [2.24, 2.45) is 5.92 Å². The Morgan fingerprint density at radius 2 is 2.11 bits per heavy atom. The van der Waals surface area contributed by atoms with Crippen LogP contribution in [0.25, 0.3) is 0 Å². The van der Waals surface area contributed by atoms with Crippen molar-refractivity contribution < 1.29 is 18.3 Å². The summed E-state index contributed by atoms with van der Waals surface area (Å²) in [6, 6.07) is 0. The summed E-state index contributed by atoms with van der Waals surface area (Å²) in [5.41, 5.74) is -0.720. The molecule has 0 aromatic heterocycles. The first-order chi connectivity index (χ1) is 8.85. The number of sulfone groups is 1. The van der Waals surface area contributed by atoms with Gasteiger partial charge in [0, 0.05) is 19.3 Å². The van der Waals surface area contributed by atoms with Gasteiger partial charge in [0.15, 0.2) is 0 Å². The maximum atomic E-state index is 11.7. The lowest BCUT2D eigenvalue weighted by Crippen LogP contribution is -2.49. The zero-order valence-corrected chi connectivity index (χ0v) is 12.8. The normalized spacial score (nSPS) is 41.1. The van der Waals surface area contributed by atoms with Gasteiger partial charge in [-0.2, -0.15) is 0 Å². The van der Waals surface area contributed by atoms with E-state index in [0.717, 1.165) is 25.7 Å². The second-order valence-corrected chi connectivity index (χ2v) is 8.60. The number of aliphatic hydroxyl groups is 1. The Bertz CT molecular complexity index is 406. The summed E-state index contributed by atoms with van der Waals surface area (Å²) in [6.45, 7) is 2.66. The van der Waals surface area contributed by atoms with Crippen molar-refractivity contribution >= 4 is 9.84 Å². The average Bonchev–Trinajstić information content (AvgIpc) is 2.38. The molecule has 4 unspecified atom stereocenters. The standard InChI is InChI=1S/C14H26O4S/c1-3-12-10-14(15,7-8-18-12)11-5-4-6-13(9-11)19(2,16)17/h11-13,15H,3-10H2,1-2H3. The van der Waals surface area contributed by atoms with Crippen LogP contribution in [0, 0.1) is 5.92 Å². The molecule has 0 aromatic carbocycles. The van der Waals surface area contributed by atoms with E-state index in [9.17, 15) is 13.5 Å².